The molecule has 0 N–H and O–H groups in total. The predicted octanol–water partition coefficient (Wildman–Crippen LogP) is 2.44. The summed E-state index contributed by atoms with van der Waals surface area (Å²) in [5.41, 5.74) is 2.47. The fourth-order valence-electron chi connectivity index (χ4n) is 4.52. The normalized spacial score (nSPS) is 21.8. The molecule has 27 heavy (non-hydrogen) atoms. The van der Waals surface area contributed by atoms with Crippen LogP contribution in [0, 0.1) is 5.92 Å². The second-order valence-corrected chi connectivity index (χ2v) is 7.66. The van der Waals surface area contributed by atoms with Gasteiger partial charge in [-0.05, 0) is 24.0 Å². The number of piperidine rings is 1. The van der Waals surface area contributed by atoms with Gasteiger partial charge in [0.2, 0.25) is 5.89 Å². The summed E-state index contributed by atoms with van der Waals surface area (Å²) in [5, 5.41) is 4.14. The lowest BCUT2D eigenvalue weighted by atomic mass is 9.83. The number of benzene rings is 1. The van der Waals surface area contributed by atoms with Crippen molar-refractivity contribution in [2.75, 3.05) is 13.1 Å². The van der Waals surface area contributed by atoms with Crippen molar-refractivity contribution in [3.63, 3.8) is 0 Å². The van der Waals surface area contributed by atoms with E-state index in [0.717, 1.165) is 31.9 Å². The molecule has 1 aromatic carbocycles. The number of pyridine rings is 1. The van der Waals surface area contributed by atoms with Crippen LogP contribution in [0.2, 0.25) is 0 Å². The van der Waals surface area contributed by atoms with Crippen molar-refractivity contribution >= 4 is 0 Å². The SMILES string of the molecule is O=c1cccc2n1C[C@@H]1C[C@H]2CN(Cc2nc(Cc3ccccc3)no2)C1. The van der Waals surface area contributed by atoms with Gasteiger partial charge in [0.25, 0.3) is 5.56 Å². The van der Waals surface area contributed by atoms with E-state index < -0.39 is 0 Å². The van der Waals surface area contributed by atoms with Crippen LogP contribution in [-0.2, 0) is 19.5 Å². The first-order chi connectivity index (χ1) is 13.2. The summed E-state index contributed by atoms with van der Waals surface area (Å²) in [6, 6.07) is 15.8. The zero-order chi connectivity index (χ0) is 18.2. The summed E-state index contributed by atoms with van der Waals surface area (Å²) >= 11 is 0. The van der Waals surface area contributed by atoms with Crippen molar-refractivity contribution in [2.45, 2.75) is 31.8 Å². The van der Waals surface area contributed by atoms with Crippen LogP contribution in [0.5, 0.6) is 0 Å². The molecule has 6 nitrogen and oxygen atoms in total. The lowest BCUT2D eigenvalue weighted by Crippen LogP contribution is -2.46. The summed E-state index contributed by atoms with van der Waals surface area (Å²) < 4.78 is 7.45. The molecule has 0 radical (unpaired) electrons. The van der Waals surface area contributed by atoms with Gasteiger partial charge in [-0.3, -0.25) is 9.69 Å². The number of rotatable bonds is 4. The third-order valence-electron chi connectivity index (χ3n) is 5.63. The number of nitrogens with zero attached hydrogens (tertiary/aromatic N) is 4. The molecule has 0 aliphatic carbocycles. The number of likely N-dealkylation sites (tertiary alicyclic amines) is 1. The molecule has 138 valence electrons. The molecule has 2 aromatic heterocycles. The van der Waals surface area contributed by atoms with Crippen LogP contribution in [0.3, 0.4) is 0 Å². The summed E-state index contributed by atoms with van der Waals surface area (Å²) in [6.07, 6.45) is 1.84. The molecule has 0 saturated carbocycles. The van der Waals surface area contributed by atoms with E-state index in [1.54, 1.807) is 6.07 Å². The zero-order valence-electron chi connectivity index (χ0n) is 15.1. The maximum absolute atomic E-state index is 12.1. The van der Waals surface area contributed by atoms with Gasteiger partial charge in [0, 0.05) is 43.7 Å². The predicted molar refractivity (Wildman–Crippen MR) is 100 cm³/mol. The molecule has 2 aliphatic rings. The van der Waals surface area contributed by atoms with Crippen molar-refractivity contribution in [3.8, 4) is 0 Å². The van der Waals surface area contributed by atoms with E-state index >= 15 is 0 Å². The maximum atomic E-state index is 12.1. The largest absolute Gasteiger partial charge is 0.338 e. The lowest BCUT2D eigenvalue weighted by molar-refractivity contribution is 0.104. The molecule has 1 saturated heterocycles. The first-order valence-corrected chi connectivity index (χ1v) is 9.52. The molecule has 0 unspecified atom stereocenters. The second-order valence-electron chi connectivity index (χ2n) is 7.66. The molecule has 0 spiro atoms. The Hall–Kier alpha value is -2.73. The van der Waals surface area contributed by atoms with Gasteiger partial charge < -0.3 is 9.09 Å². The third kappa shape index (κ3) is 3.32. The second kappa shape index (κ2) is 6.78. The molecule has 1 fully saturated rings. The number of aromatic nitrogens is 3. The van der Waals surface area contributed by atoms with Crippen molar-refractivity contribution in [3.05, 3.63) is 81.9 Å². The van der Waals surface area contributed by atoms with Crippen LogP contribution in [0.1, 0.15) is 35.3 Å². The van der Waals surface area contributed by atoms with E-state index in [0.29, 0.717) is 30.7 Å². The first-order valence-electron chi connectivity index (χ1n) is 9.52. The van der Waals surface area contributed by atoms with Gasteiger partial charge in [0.15, 0.2) is 5.82 Å². The van der Waals surface area contributed by atoms with Gasteiger partial charge in [-0.15, -0.1) is 0 Å². The molecule has 3 aromatic rings. The highest BCUT2D eigenvalue weighted by Gasteiger charge is 2.34. The van der Waals surface area contributed by atoms with Gasteiger partial charge in [0.05, 0.1) is 6.54 Å². The highest BCUT2D eigenvalue weighted by Crippen LogP contribution is 2.35. The van der Waals surface area contributed by atoms with Gasteiger partial charge in [-0.25, -0.2) is 0 Å². The smallest absolute Gasteiger partial charge is 0.250 e. The van der Waals surface area contributed by atoms with Gasteiger partial charge in [-0.2, -0.15) is 4.98 Å². The molecule has 2 aliphatic heterocycles. The number of hydrogen-bond acceptors (Lipinski definition) is 5. The Morgan fingerprint density at radius 3 is 2.81 bits per heavy atom. The summed E-state index contributed by atoms with van der Waals surface area (Å²) in [6.45, 7) is 3.38. The van der Waals surface area contributed by atoms with Gasteiger partial charge in [-0.1, -0.05) is 41.6 Å². The maximum Gasteiger partial charge on any atom is 0.250 e. The highest BCUT2D eigenvalue weighted by molar-refractivity contribution is 5.19. The van der Waals surface area contributed by atoms with Gasteiger partial charge in [0.1, 0.15) is 0 Å². The van der Waals surface area contributed by atoms with Crippen LogP contribution < -0.4 is 5.56 Å². The summed E-state index contributed by atoms with van der Waals surface area (Å²) in [4.78, 5) is 19.1. The Labute approximate surface area is 157 Å². The van der Waals surface area contributed by atoms with E-state index in [4.69, 9.17) is 4.52 Å². The average Bonchev–Trinajstić information content (AvgIpc) is 3.10. The summed E-state index contributed by atoms with van der Waals surface area (Å²) in [5.74, 6) is 2.30. The lowest BCUT2D eigenvalue weighted by Gasteiger charge is -2.42. The van der Waals surface area contributed by atoms with Crippen LogP contribution >= 0.6 is 0 Å². The van der Waals surface area contributed by atoms with Crippen LogP contribution in [0.15, 0.2) is 57.8 Å². The molecular weight excluding hydrogens is 340 g/mol. The fourth-order valence-corrected chi connectivity index (χ4v) is 4.52. The highest BCUT2D eigenvalue weighted by atomic mass is 16.5. The minimum absolute atomic E-state index is 0.123. The monoisotopic (exact) mass is 362 g/mol. The first kappa shape index (κ1) is 16.4. The Kier molecular flexibility index (Phi) is 4.13. The van der Waals surface area contributed by atoms with Crippen LogP contribution in [0.25, 0.3) is 0 Å². The van der Waals surface area contributed by atoms with E-state index in [-0.39, 0.29) is 5.56 Å². The Balaban J connectivity index is 1.28. The average molecular weight is 362 g/mol. The molecule has 0 amide bonds. The van der Waals surface area contributed by atoms with Crippen LogP contribution in [0.4, 0.5) is 0 Å². The molecule has 2 atom stereocenters. The Bertz CT molecular complexity index is 995. The Morgan fingerprint density at radius 2 is 1.93 bits per heavy atom. The van der Waals surface area contributed by atoms with E-state index in [1.165, 1.54) is 11.3 Å². The minimum atomic E-state index is 0.123. The van der Waals surface area contributed by atoms with Crippen molar-refractivity contribution in [1.82, 2.24) is 19.6 Å². The number of hydrogen-bond donors (Lipinski definition) is 0. The standard InChI is InChI=1S/C21H22N4O2/c26-21-8-4-7-18-17-9-16(12-25(18)21)11-24(13-17)14-20-22-19(23-27-20)10-15-5-2-1-3-6-15/h1-8,16-17H,9-14H2/t16-,17+/m1/s1. The van der Waals surface area contributed by atoms with E-state index in [1.807, 2.05) is 28.8 Å². The fraction of sp³-hybridized carbons (Fsp3) is 0.381. The third-order valence-corrected chi connectivity index (χ3v) is 5.63. The summed E-state index contributed by atoms with van der Waals surface area (Å²) in [7, 11) is 0. The molecule has 6 heteroatoms. The van der Waals surface area contributed by atoms with Gasteiger partial charge >= 0.3 is 0 Å². The van der Waals surface area contributed by atoms with Crippen molar-refractivity contribution in [2.24, 2.45) is 5.92 Å². The zero-order valence-corrected chi connectivity index (χ0v) is 15.1. The molecule has 5 rings (SSSR count). The van der Waals surface area contributed by atoms with E-state index in [2.05, 4.69) is 33.2 Å². The van der Waals surface area contributed by atoms with Crippen molar-refractivity contribution < 1.29 is 4.52 Å². The molecule has 4 heterocycles. The topological polar surface area (TPSA) is 64.2 Å². The van der Waals surface area contributed by atoms with Crippen molar-refractivity contribution in [1.29, 1.82) is 0 Å². The van der Waals surface area contributed by atoms with Crippen LogP contribution in [-0.4, -0.2) is 32.7 Å². The molecule has 2 bridgehead atoms. The quantitative estimate of drug-likeness (QED) is 0.713. The molecular formula is C21H22N4O2. The van der Waals surface area contributed by atoms with E-state index in [9.17, 15) is 4.79 Å². The Morgan fingerprint density at radius 1 is 1.04 bits per heavy atom. The number of fused-ring (bicyclic) bond motifs is 4. The minimum Gasteiger partial charge on any atom is -0.338 e.